The Balaban J connectivity index is 1.79. The number of anilines is 2. The SMILES string of the molecule is CC1(C)Nc2ccccc2C2=C1C(c1ccc(C(F)(F)F)cc1)C(=O)c1ccc(Br)cc1N2. The summed E-state index contributed by atoms with van der Waals surface area (Å²) in [7, 11) is 0. The highest BCUT2D eigenvalue weighted by molar-refractivity contribution is 9.10. The van der Waals surface area contributed by atoms with Gasteiger partial charge in [-0.3, -0.25) is 4.79 Å². The normalized spacial score (nSPS) is 19.0. The number of benzene rings is 3. The highest BCUT2D eigenvalue weighted by Gasteiger charge is 2.43. The minimum Gasteiger partial charge on any atom is -0.376 e. The van der Waals surface area contributed by atoms with Gasteiger partial charge in [-0.1, -0.05) is 46.3 Å². The third-order valence-electron chi connectivity index (χ3n) is 6.22. The molecule has 0 bridgehead atoms. The monoisotopic (exact) mass is 512 g/mol. The standard InChI is InChI=1S/C26H20BrF3N2O/c1-25(2)22-21(14-7-9-15(10-8-14)26(28,29)30)24(33)18-12-11-16(27)13-20(18)31-23(22)17-5-3-4-6-19(17)32-25/h3-13,21,31-32H,1-2H3. The fourth-order valence-corrected chi connectivity index (χ4v) is 5.11. The Labute approximate surface area is 197 Å². The molecule has 3 nitrogen and oxygen atoms in total. The zero-order valence-electron chi connectivity index (χ0n) is 17.8. The van der Waals surface area contributed by atoms with Crippen molar-refractivity contribution in [1.29, 1.82) is 0 Å². The summed E-state index contributed by atoms with van der Waals surface area (Å²) in [5.41, 5.74) is 3.70. The summed E-state index contributed by atoms with van der Waals surface area (Å²) in [6.07, 6.45) is -4.44. The van der Waals surface area contributed by atoms with Crippen LogP contribution in [0.25, 0.3) is 5.70 Å². The summed E-state index contributed by atoms with van der Waals surface area (Å²) < 4.78 is 40.4. The molecular formula is C26H20BrF3N2O. The largest absolute Gasteiger partial charge is 0.416 e. The van der Waals surface area contributed by atoms with E-state index in [4.69, 9.17) is 0 Å². The molecule has 2 aliphatic heterocycles. The Morgan fingerprint density at radius 2 is 1.61 bits per heavy atom. The third kappa shape index (κ3) is 3.64. The molecule has 168 valence electrons. The van der Waals surface area contributed by atoms with Gasteiger partial charge in [-0.25, -0.2) is 0 Å². The number of hydrogen-bond donors (Lipinski definition) is 2. The molecule has 1 unspecified atom stereocenters. The van der Waals surface area contributed by atoms with Crippen LogP contribution in [0.4, 0.5) is 24.5 Å². The van der Waals surface area contributed by atoms with Crippen LogP contribution in [0.15, 0.2) is 76.8 Å². The van der Waals surface area contributed by atoms with Crippen molar-refractivity contribution in [2.24, 2.45) is 0 Å². The predicted molar refractivity (Wildman–Crippen MR) is 127 cm³/mol. The van der Waals surface area contributed by atoms with Crippen molar-refractivity contribution >= 4 is 38.8 Å². The van der Waals surface area contributed by atoms with Crippen molar-refractivity contribution in [2.45, 2.75) is 31.5 Å². The summed E-state index contributed by atoms with van der Waals surface area (Å²) in [4.78, 5) is 13.9. The van der Waals surface area contributed by atoms with Crippen molar-refractivity contribution in [3.05, 3.63) is 99.0 Å². The molecule has 7 heteroatoms. The fraction of sp³-hybridized carbons (Fsp3) is 0.192. The van der Waals surface area contributed by atoms with E-state index >= 15 is 0 Å². The van der Waals surface area contributed by atoms with Crippen LogP contribution in [-0.4, -0.2) is 11.3 Å². The molecule has 0 aliphatic carbocycles. The molecule has 0 fully saturated rings. The van der Waals surface area contributed by atoms with Gasteiger partial charge in [-0.2, -0.15) is 13.2 Å². The van der Waals surface area contributed by atoms with Gasteiger partial charge in [-0.05, 0) is 61.4 Å². The van der Waals surface area contributed by atoms with E-state index in [1.54, 1.807) is 12.1 Å². The molecule has 0 saturated carbocycles. The first-order chi connectivity index (χ1) is 15.6. The zero-order chi connectivity index (χ0) is 23.5. The molecule has 0 amide bonds. The Morgan fingerprint density at radius 3 is 2.30 bits per heavy atom. The predicted octanol–water partition coefficient (Wildman–Crippen LogP) is 7.48. The average molecular weight is 513 g/mol. The van der Waals surface area contributed by atoms with Crippen LogP contribution >= 0.6 is 15.9 Å². The zero-order valence-corrected chi connectivity index (χ0v) is 19.4. The van der Waals surface area contributed by atoms with Gasteiger partial charge in [0.05, 0.1) is 28.4 Å². The molecule has 3 aromatic carbocycles. The molecule has 2 N–H and O–H groups in total. The van der Waals surface area contributed by atoms with E-state index in [0.29, 0.717) is 16.8 Å². The van der Waals surface area contributed by atoms with Gasteiger partial charge in [0, 0.05) is 21.3 Å². The highest BCUT2D eigenvalue weighted by Crippen LogP contribution is 2.49. The molecule has 0 radical (unpaired) electrons. The first-order valence-corrected chi connectivity index (χ1v) is 11.3. The fourth-order valence-electron chi connectivity index (χ4n) is 4.75. The summed E-state index contributed by atoms with van der Waals surface area (Å²) in [5, 5.41) is 7.01. The van der Waals surface area contributed by atoms with E-state index < -0.39 is 23.2 Å². The number of fused-ring (bicyclic) bond motifs is 3. The van der Waals surface area contributed by atoms with Crippen LogP contribution in [0, 0.1) is 0 Å². The van der Waals surface area contributed by atoms with Crippen LogP contribution in [0.2, 0.25) is 0 Å². The summed E-state index contributed by atoms with van der Waals surface area (Å²) in [6, 6.07) is 18.1. The first kappa shape index (κ1) is 21.8. The van der Waals surface area contributed by atoms with Crippen LogP contribution in [0.5, 0.6) is 0 Å². The quantitative estimate of drug-likeness (QED) is 0.355. The van der Waals surface area contributed by atoms with Crippen LogP contribution < -0.4 is 10.6 Å². The number of halogens is 4. The molecule has 0 spiro atoms. The lowest BCUT2D eigenvalue weighted by Crippen LogP contribution is -2.41. The van der Waals surface area contributed by atoms with Gasteiger partial charge in [0.2, 0.25) is 0 Å². The number of ketones is 1. The van der Waals surface area contributed by atoms with Crippen molar-refractivity contribution in [1.82, 2.24) is 0 Å². The van der Waals surface area contributed by atoms with Crippen LogP contribution in [0.3, 0.4) is 0 Å². The second-order valence-electron chi connectivity index (χ2n) is 8.82. The van der Waals surface area contributed by atoms with Gasteiger partial charge < -0.3 is 10.6 Å². The maximum Gasteiger partial charge on any atom is 0.416 e. The van der Waals surface area contributed by atoms with Crippen molar-refractivity contribution in [3.63, 3.8) is 0 Å². The number of carbonyl (C=O) groups is 1. The third-order valence-corrected chi connectivity index (χ3v) is 6.71. The Hall–Kier alpha value is -3.06. The number of rotatable bonds is 1. The van der Waals surface area contributed by atoms with Gasteiger partial charge in [0.1, 0.15) is 0 Å². The maximum atomic E-state index is 13.9. The molecule has 2 heterocycles. The second kappa shape index (κ2) is 7.48. The van der Waals surface area contributed by atoms with E-state index in [9.17, 15) is 18.0 Å². The number of Topliss-reactive ketones (excluding diaryl/α,β-unsaturated/α-hetero) is 1. The first-order valence-electron chi connectivity index (χ1n) is 10.5. The van der Waals surface area contributed by atoms with Gasteiger partial charge in [-0.15, -0.1) is 0 Å². The number of hydrogen-bond acceptors (Lipinski definition) is 3. The Morgan fingerprint density at radius 1 is 0.909 bits per heavy atom. The van der Waals surface area contributed by atoms with Crippen molar-refractivity contribution in [2.75, 3.05) is 10.6 Å². The average Bonchev–Trinajstić information content (AvgIpc) is 2.87. The summed E-state index contributed by atoms with van der Waals surface area (Å²) in [6.45, 7) is 3.96. The van der Waals surface area contributed by atoms with Gasteiger partial charge in [0.15, 0.2) is 5.78 Å². The minimum atomic E-state index is -4.44. The Bertz CT molecular complexity index is 1310. The summed E-state index contributed by atoms with van der Waals surface area (Å²) >= 11 is 3.48. The van der Waals surface area contributed by atoms with Crippen molar-refractivity contribution < 1.29 is 18.0 Å². The highest BCUT2D eigenvalue weighted by atomic mass is 79.9. The lowest BCUT2D eigenvalue weighted by atomic mass is 9.73. The second-order valence-corrected chi connectivity index (χ2v) is 9.73. The molecule has 33 heavy (non-hydrogen) atoms. The molecule has 0 aromatic heterocycles. The van der Waals surface area contributed by atoms with Gasteiger partial charge >= 0.3 is 6.18 Å². The van der Waals surface area contributed by atoms with Gasteiger partial charge in [0.25, 0.3) is 0 Å². The van der Waals surface area contributed by atoms with E-state index in [-0.39, 0.29) is 5.78 Å². The van der Waals surface area contributed by atoms with Crippen LogP contribution in [-0.2, 0) is 6.18 Å². The van der Waals surface area contributed by atoms with E-state index in [1.807, 2.05) is 44.2 Å². The topological polar surface area (TPSA) is 41.1 Å². The lowest BCUT2D eigenvalue weighted by Gasteiger charge is -2.40. The number of alkyl halides is 3. The number of para-hydroxylation sites is 1. The van der Waals surface area contributed by atoms with Crippen molar-refractivity contribution in [3.8, 4) is 0 Å². The molecule has 3 aromatic rings. The lowest BCUT2D eigenvalue weighted by molar-refractivity contribution is -0.137. The Kier molecular flexibility index (Phi) is 4.94. The number of carbonyl (C=O) groups excluding carboxylic acids is 1. The maximum absolute atomic E-state index is 13.9. The van der Waals surface area contributed by atoms with E-state index in [2.05, 4.69) is 26.6 Å². The van der Waals surface area contributed by atoms with E-state index in [1.165, 1.54) is 12.1 Å². The molecule has 5 rings (SSSR count). The molecule has 0 saturated heterocycles. The minimum absolute atomic E-state index is 0.163. The number of nitrogens with one attached hydrogen (secondary N) is 2. The molecular weight excluding hydrogens is 493 g/mol. The molecule has 1 atom stereocenters. The molecule has 2 aliphatic rings. The summed E-state index contributed by atoms with van der Waals surface area (Å²) in [5.74, 6) is -0.919. The smallest absolute Gasteiger partial charge is 0.376 e. The van der Waals surface area contributed by atoms with Crippen LogP contribution in [0.1, 0.15) is 46.8 Å². The van der Waals surface area contributed by atoms with E-state index in [0.717, 1.165) is 39.1 Å².